The van der Waals surface area contributed by atoms with Gasteiger partial charge in [0.25, 0.3) is 0 Å². The molecular formula is C42H30N2O. The summed E-state index contributed by atoms with van der Waals surface area (Å²) in [5, 5.41) is 6.93. The van der Waals surface area contributed by atoms with Crippen molar-refractivity contribution in [2.75, 3.05) is 0 Å². The Labute approximate surface area is 261 Å². The van der Waals surface area contributed by atoms with Gasteiger partial charge in [-0.1, -0.05) is 103 Å². The summed E-state index contributed by atoms with van der Waals surface area (Å²) in [7, 11) is 0. The Hall–Kier alpha value is -5.54. The van der Waals surface area contributed by atoms with Crippen molar-refractivity contribution in [1.82, 2.24) is 9.97 Å². The zero-order valence-electron chi connectivity index (χ0n) is 24.8. The number of furan rings is 1. The van der Waals surface area contributed by atoms with E-state index >= 15 is 0 Å². The highest BCUT2D eigenvalue weighted by Gasteiger charge is 2.18. The molecule has 45 heavy (non-hydrogen) atoms. The van der Waals surface area contributed by atoms with E-state index in [1.807, 2.05) is 0 Å². The molecule has 0 amide bonds. The Morgan fingerprint density at radius 3 is 2.27 bits per heavy atom. The summed E-state index contributed by atoms with van der Waals surface area (Å²) in [5.41, 5.74) is 9.67. The Bertz CT molecular complexity index is 2440. The summed E-state index contributed by atoms with van der Waals surface area (Å²) in [6.45, 7) is 0. The second-order valence-electron chi connectivity index (χ2n) is 11.9. The standard InChI is InChI=1S/C42H30N2O/c1-3-12-28(13-4-1)38-26-39(29-14-5-2-6-15-29)44-42(43-38)36-23-22-31(33-17-9-10-18-34(33)36)30-20-24-40-37(25-30)35-21-19-27-11-7-8-16-32(27)41(35)45-40/h1,3,5,7-12,14-26H,2,4,6,13H2. The molecule has 5 aromatic carbocycles. The van der Waals surface area contributed by atoms with E-state index in [1.54, 1.807) is 0 Å². The van der Waals surface area contributed by atoms with Gasteiger partial charge in [0.1, 0.15) is 11.2 Å². The number of benzene rings is 5. The zero-order valence-corrected chi connectivity index (χ0v) is 24.8. The van der Waals surface area contributed by atoms with Gasteiger partial charge >= 0.3 is 0 Å². The van der Waals surface area contributed by atoms with E-state index in [1.165, 1.54) is 27.5 Å². The maximum Gasteiger partial charge on any atom is 0.161 e. The SMILES string of the molecule is C1=CCCC(c2cc(C3=CCCC=C3)nc(-c3ccc(-c4ccc5oc6c7ccccc7ccc6c5c4)c4ccccc34)n2)=C1. The van der Waals surface area contributed by atoms with E-state index in [-0.39, 0.29) is 0 Å². The molecule has 0 saturated heterocycles. The van der Waals surface area contributed by atoms with Crippen molar-refractivity contribution < 1.29 is 4.42 Å². The molecule has 9 rings (SSSR count). The van der Waals surface area contributed by atoms with Crippen LogP contribution >= 0.6 is 0 Å². The molecule has 0 aliphatic heterocycles. The van der Waals surface area contributed by atoms with Gasteiger partial charge in [0.2, 0.25) is 0 Å². The quantitative estimate of drug-likeness (QED) is 0.208. The van der Waals surface area contributed by atoms with E-state index in [0.717, 1.165) is 86.7 Å². The minimum atomic E-state index is 0.767. The molecule has 7 aromatic rings. The van der Waals surface area contributed by atoms with Crippen molar-refractivity contribution in [3.05, 3.63) is 145 Å². The van der Waals surface area contributed by atoms with Crippen molar-refractivity contribution in [2.45, 2.75) is 25.7 Å². The Morgan fingerprint density at radius 2 is 1.42 bits per heavy atom. The van der Waals surface area contributed by atoms with E-state index in [0.29, 0.717) is 0 Å². The highest BCUT2D eigenvalue weighted by Crippen LogP contribution is 2.40. The highest BCUT2D eigenvalue weighted by atomic mass is 16.3. The molecule has 2 aliphatic rings. The molecule has 0 radical (unpaired) electrons. The molecular weight excluding hydrogens is 548 g/mol. The monoisotopic (exact) mass is 578 g/mol. The van der Waals surface area contributed by atoms with Gasteiger partial charge in [0.15, 0.2) is 5.82 Å². The first-order valence-corrected chi connectivity index (χ1v) is 15.8. The number of aromatic nitrogens is 2. The van der Waals surface area contributed by atoms with E-state index in [9.17, 15) is 0 Å². The van der Waals surface area contributed by atoms with Crippen LogP contribution in [0.4, 0.5) is 0 Å². The predicted molar refractivity (Wildman–Crippen MR) is 188 cm³/mol. The summed E-state index contributed by atoms with van der Waals surface area (Å²) >= 11 is 0. The fourth-order valence-corrected chi connectivity index (χ4v) is 6.92. The molecule has 0 N–H and O–H groups in total. The van der Waals surface area contributed by atoms with Crippen molar-refractivity contribution in [3.63, 3.8) is 0 Å². The van der Waals surface area contributed by atoms with Crippen LogP contribution in [0.1, 0.15) is 37.1 Å². The van der Waals surface area contributed by atoms with Crippen molar-refractivity contribution in [1.29, 1.82) is 0 Å². The van der Waals surface area contributed by atoms with Gasteiger partial charge in [-0.25, -0.2) is 9.97 Å². The number of fused-ring (bicyclic) bond motifs is 6. The summed E-state index contributed by atoms with van der Waals surface area (Å²) < 4.78 is 6.41. The average Bonchev–Trinajstić information content (AvgIpc) is 3.50. The van der Waals surface area contributed by atoms with Gasteiger partial charge in [-0.2, -0.15) is 0 Å². The third kappa shape index (κ3) is 4.43. The fourth-order valence-electron chi connectivity index (χ4n) is 6.92. The Kier molecular flexibility index (Phi) is 6.09. The molecule has 214 valence electrons. The lowest BCUT2D eigenvalue weighted by atomic mass is 9.93. The molecule has 0 unspecified atom stereocenters. The maximum atomic E-state index is 6.41. The molecule has 3 nitrogen and oxygen atoms in total. The van der Waals surface area contributed by atoms with Crippen LogP contribution in [0.15, 0.2) is 138 Å². The highest BCUT2D eigenvalue weighted by molar-refractivity contribution is 6.16. The predicted octanol–water partition coefficient (Wildman–Crippen LogP) is 11.5. The molecule has 2 aromatic heterocycles. The lowest BCUT2D eigenvalue weighted by Crippen LogP contribution is -2.02. The molecule has 2 heterocycles. The maximum absolute atomic E-state index is 6.41. The smallest absolute Gasteiger partial charge is 0.161 e. The molecule has 0 fully saturated rings. The van der Waals surface area contributed by atoms with Gasteiger partial charge in [-0.3, -0.25) is 0 Å². The number of allylic oxidation sites excluding steroid dienone is 8. The van der Waals surface area contributed by atoms with E-state index < -0.39 is 0 Å². The molecule has 0 atom stereocenters. The van der Waals surface area contributed by atoms with E-state index in [2.05, 4.69) is 134 Å². The van der Waals surface area contributed by atoms with Crippen LogP contribution in [-0.2, 0) is 0 Å². The third-order valence-electron chi connectivity index (χ3n) is 9.20. The minimum absolute atomic E-state index is 0.767. The van der Waals surface area contributed by atoms with Crippen molar-refractivity contribution in [3.8, 4) is 22.5 Å². The topological polar surface area (TPSA) is 38.9 Å². The van der Waals surface area contributed by atoms with E-state index in [4.69, 9.17) is 14.4 Å². The molecule has 3 heteroatoms. The lowest BCUT2D eigenvalue weighted by Gasteiger charge is -2.16. The van der Waals surface area contributed by atoms with Gasteiger partial charge in [-0.05, 0) is 94.4 Å². The van der Waals surface area contributed by atoms with Gasteiger partial charge < -0.3 is 4.42 Å². The molecule has 0 spiro atoms. The van der Waals surface area contributed by atoms with Crippen LogP contribution in [-0.4, -0.2) is 9.97 Å². The first-order valence-electron chi connectivity index (χ1n) is 15.8. The van der Waals surface area contributed by atoms with Crippen LogP contribution in [0, 0.1) is 0 Å². The second kappa shape index (κ2) is 10.6. The van der Waals surface area contributed by atoms with Crippen LogP contribution in [0.3, 0.4) is 0 Å². The summed E-state index contributed by atoms with van der Waals surface area (Å²) in [6.07, 6.45) is 17.4. The number of hydrogen-bond acceptors (Lipinski definition) is 3. The summed E-state index contributed by atoms with van der Waals surface area (Å²) in [6, 6.07) is 34.6. The largest absolute Gasteiger partial charge is 0.455 e. The van der Waals surface area contributed by atoms with Crippen LogP contribution in [0.5, 0.6) is 0 Å². The van der Waals surface area contributed by atoms with Gasteiger partial charge in [0.05, 0.1) is 11.4 Å². The number of nitrogens with zero attached hydrogens (tertiary/aromatic N) is 2. The van der Waals surface area contributed by atoms with Crippen molar-refractivity contribution in [2.24, 2.45) is 0 Å². The first kappa shape index (κ1) is 25.9. The van der Waals surface area contributed by atoms with Crippen molar-refractivity contribution >= 4 is 54.6 Å². The molecule has 2 aliphatic carbocycles. The van der Waals surface area contributed by atoms with Crippen LogP contribution in [0.25, 0.3) is 77.1 Å². The Morgan fingerprint density at radius 1 is 0.600 bits per heavy atom. The minimum Gasteiger partial charge on any atom is -0.455 e. The Balaban J connectivity index is 1.22. The lowest BCUT2D eigenvalue weighted by molar-refractivity contribution is 0.672. The summed E-state index contributed by atoms with van der Waals surface area (Å²) in [4.78, 5) is 10.4. The number of hydrogen-bond donors (Lipinski definition) is 0. The normalized spacial score (nSPS) is 14.8. The fraction of sp³-hybridized carbons (Fsp3) is 0.0952. The number of rotatable bonds is 4. The average molecular weight is 579 g/mol. The van der Waals surface area contributed by atoms with Crippen LogP contribution < -0.4 is 0 Å². The van der Waals surface area contributed by atoms with Gasteiger partial charge in [0, 0.05) is 21.7 Å². The van der Waals surface area contributed by atoms with Crippen LogP contribution in [0.2, 0.25) is 0 Å². The third-order valence-corrected chi connectivity index (χ3v) is 9.20. The zero-order chi connectivity index (χ0) is 29.7. The molecule has 0 bridgehead atoms. The molecule has 0 saturated carbocycles. The first-order chi connectivity index (χ1) is 22.3. The van der Waals surface area contributed by atoms with Gasteiger partial charge in [-0.15, -0.1) is 0 Å². The summed E-state index contributed by atoms with van der Waals surface area (Å²) in [5.74, 6) is 0.767. The second-order valence-corrected chi connectivity index (χ2v) is 11.9.